The van der Waals surface area contributed by atoms with E-state index in [1.165, 1.54) is 17.5 Å². The lowest BCUT2D eigenvalue weighted by Gasteiger charge is -2.06. The molecule has 0 saturated heterocycles. The largest absolute Gasteiger partial charge is 0.247 e. The Bertz CT molecular complexity index is 357. The molecule has 0 aliphatic carbocycles. The molecular formula is C12H14N2S. The van der Waals surface area contributed by atoms with E-state index in [0.717, 1.165) is 25.0 Å². The number of hydrogen-bond donors (Lipinski definition) is 1. The van der Waals surface area contributed by atoms with Crippen molar-refractivity contribution in [2.75, 3.05) is 0 Å². The van der Waals surface area contributed by atoms with Gasteiger partial charge in [0.05, 0.1) is 5.71 Å². The van der Waals surface area contributed by atoms with Gasteiger partial charge in [-0.1, -0.05) is 30.3 Å². The molecule has 0 saturated carbocycles. The van der Waals surface area contributed by atoms with Gasteiger partial charge in [-0.2, -0.15) is 5.10 Å². The van der Waals surface area contributed by atoms with Crippen LogP contribution in [-0.4, -0.2) is 5.71 Å². The molecule has 0 spiro atoms. The molecule has 1 aliphatic rings. The zero-order valence-corrected chi connectivity index (χ0v) is 9.33. The van der Waals surface area contributed by atoms with Crippen LogP contribution in [-0.2, 0) is 6.42 Å². The van der Waals surface area contributed by atoms with Crippen LogP contribution in [0, 0.1) is 0 Å². The van der Waals surface area contributed by atoms with Gasteiger partial charge in [-0.15, -0.1) is 0 Å². The van der Waals surface area contributed by atoms with Crippen molar-refractivity contribution in [2.45, 2.75) is 19.3 Å². The van der Waals surface area contributed by atoms with Crippen LogP contribution in [0.3, 0.4) is 0 Å². The zero-order valence-electron chi connectivity index (χ0n) is 8.52. The van der Waals surface area contributed by atoms with Crippen LogP contribution in [0.4, 0.5) is 0 Å². The number of aryl methyl sites for hydroxylation is 1. The highest BCUT2D eigenvalue weighted by molar-refractivity contribution is 8.00. The maximum absolute atomic E-state index is 4.20. The third-order valence-electron chi connectivity index (χ3n) is 2.31. The van der Waals surface area contributed by atoms with Gasteiger partial charge in [0.2, 0.25) is 0 Å². The predicted octanol–water partition coefficient (Wildman–Crippen LogP) is 3.13. The second-order valence-electron chi connectivity index (χ2n) is 3.45. The minimum atomic E-state index is 1.04. The van der Waals surface area contributed by atoms with Crippen molar-refractivity contribution in [1.29, 1.82) is 0 Å². The molecule has 1 heterocycles. The zero-order chi connectivity index (χ0) is 10.3. The Morgan fingerprint density at radius 1 is 1.13 bits per heavy atom. The normalized spacial score (nSPS) is 14.5. The third kappa shape index (κ3) is 3.44. The highest BCUT2D eigenvalue weighted by atomic mass is 32.2. The van der Waals surface area contributed by atoms with Crippen molar-refractivity contribution in [2.24, 2.45) is 5.10 Å². The van der Waals surface area contributed by atoms with Crippen LogP contribution in [0.25, 0.3) is 0 Å². The lowest BCUT2D eigenvalue weighted by atomic mass is 10.1. The van der Waals surface area contributed by atoms with Crippen molar-refractivity contribution in [3.05, 3.63) is 47.4 Å². The molecule has 0 amide bonds. The van der Waals surface area contributed by atoms with E-state index in [2.05, 4.69) is 46.3 Å². The van der Waals surface area contributed by atoms with Gasteiger partial charge in [-0.3, -0.25) is 0 Å². The summed E-state index contributed by atoms with van der Waals surface area (Å²) in [6, 6.07) is 10.6. The lowest BCUT2D eigenvalue weighted by Crippen LogP contribution is -2.05. The van der Waals surface area contributed by atoms with Gasteiger partial charge in [0, 0.05) is 0 Å². The van der Waals surface area contributed by atoms with E-state index in [9.17, 15) is 0 Å². The summed E-state index contributed by atoms with van der Waals surface area (Å²) in [5, 5.41) is 6.24. The molecule has 0 bridgehead atoms. The van der Waals surface area contributed by atoms with Gasteiger partial charge < -0.3 is 0 Å². The van der Waals surface area contributed by atoms with Crippen LogP contribution in [0.15, 0.2) is 46.9 Å². The molecule has 0 radical (unpaired) electrons. The van der Waals surface area contributed by atoms with Crippen LogP contribution >= 0.6 is 11.9 Å². The number of nitrogens with one attached hydrogen (secondary N) is 1. The fourth-order valence-electron chi connectivity index (χ4n) is 1.52. The van der Waals surface area contributed by atoms with Gasteiger partial charge in [0.15, 0.2) is 0 Å². The van der Waals surface area contributed by atoms with Crippen LogP contribution in [0.5, 0.6) is 0 Å². The van der Waals surface area contributed by atoms with E-state index in [-0.39, 0.29) is 0 Å². The van der Waals surface area contributed by atoms with E-state index in [1.54, 1.807) is 0 Å². The summed E-state index contributed by atoms with van der Waals surface area (Å²) >= 11 is 1.51. The first-order valence-electron chi connectivity index (χ1n) is 5.13. The number of benzene rings is 1. The molecule has 3 heteroatoms. The van der Waals surface area contributed by atoms with Crippen LogP contribution in [0.2, 0.25) is 0 Å². The van der Waals surface area contributed by atoms with Crippen molar-refractivity contribution < 1.29 is 0 Å². The van der Waals surface area contributed by atoms with Crippen molar-refractivity contribution in [1.82, 2.24) is 4.83 Å². The number of nitrogens with zero attached hydrogens (tertiary/aromatic N) is 1. The maximum atomic E-state index is 4.20. The van der Waals surface area contributed by atoms with Gasteiger partial charge >= 0.3 is 0 Å². The first-order valence-corrected chi connectivity index (χ1v) is 6.01. The molecule has 1 aromatic carbocycles. The Kier molecular flexibility index (Phi) is 3.85. The Hall–Kier alpha value is -1.22. The average molecular weight is 218 g/mol. The molecule has 0 unspecified atom stereocenters. The van der Waals surface area contributed by atoms with Crippen molar-refractivity contribution >= 4 is 17.7 Å². The predicted molar refractivity (Wildman–Crippen MR) is 66.7 cm³/mol. The Balaban J connectivity index is 1.75. The smallest absolute Gasteiger partial charge is 0.0619 e. The number of rotatable bonds is 4. The number of allylic oxidation sites excluding steroid dienone is 1. The van der Waals surface area contributed by atoms with E-state index >= 15 is 0 Å². The third-order valence-corrected chi connectivity index (χ3v) is 2.78. The van der Waals surface area contributed by atoms with Crippen LogP contribution in [0.1, 0.15) is 18.4 Å². The van der Waals surface area contributed by atoms with Crippen molar-refractivity contribution in [3.8, 4) is 0 Å². The van der Waals surface area contributed by atoms with E-state index < -0.39 is 0 Å². The van der Waals surface area contributed by atoms with Gasteiger partial charge in [0.1, 0.15) is 0 Å². The summed E-state index contributed by atoms with van der Waals surface area (Å²) in [4.78, 5) is 2.90. The van der Waals surface area contributed by atoms with Crippen LogP contribution < -0.4 is 4.83 Å². The second-order valence-corrected chi connectivity index (χ2v) is 4.14. The standard InChI is InChI=1S/C12H14N2S/c1-2-5-11(6-3-1)7-4-8-12-9-10-15-14-13-12/h1-3,5-6,9-10,14H,4,7-8H2. The molecule has 0 aromatic heterocycles. The maximum Gasteiger partial charge on any atom is 0.0619 e. The fourth-order valence-corrected chi connectivity index (χ4v) is 1.98. The molecule has 78 valence electrons. The highest BCUT2D eigenvalue weighted by Crippen LogP contribution is 2.09. The Morgan fingerprint density at radius 2 is 2.00 bits per heavy atom. The lowest BCUT2D eigenvalue weighted by molar-refractivity contribution is 0.860. The Labute approximate surface area is 94.6 Å². The van der Waals surface area contributed by atoms with Gasteiger partial charge in [0.25, 0.3) is 0 Å². The monoisotopic (exact) mass is 218 g/mol. The molecule has 1 N–H and O–H groups in total. The minimum Gasteiger partial charge on any atom is -0.247 e. The first-order chi connectivity index (χ1) is 7.45. The highest BCUT2D eigenvalue weighted by Gasteiger charge is 1.99. The molecule has 0 fully saturated rings. The van der Waals surface area contributed by atoms with Crippen molar-refractivity contribution in [3.63, 3.8) is 0 Å². The summed E-state index contributed by atoms with van der Waals surface area (Å²) < 4.78 is 0. The topological polar surface area (TPSA) is 24.4 Å². The summed E-state index contributed by atoms with van der Waals surface area (Å²) in [5.41, 5.74) is 2.55. The molecular weight excluding hydrogens is 204 g/mol. The Morgan fingerprint density at radius 3 is 2.73 bits per heavy atom. The SMILES string of the molecule is C1=CC(CCCc2ccccc2)=NNS1. The molecule has 15 heavy (non-hydrogen) atoms. The molecule has 0 atom stereocenters. The number of hydrogen-bond acceptors (Lipinski definition) is 3. The summed E-state index contributed by atoms with van der Waals surface area (Å²) in [6.45, 7) is 0. The summed E-state index contributed by atoms with van der Waals surface area (Å²) in [7, 11) is 0. The van der Waals surface area contributed by atoms with E-state index in [4.69, 9.17) is 0 Å². The fraction of sp³-hybridized carbons (Fsp3) is 0.250. The average Bonchev–Trinajstić information content (AvgIpc) is 2.32. The summed E-state index contributed by atoms with van der Waals surface area (Å²) in [5.74, 6) is 0. The molecule has 1 aromatic rings. The van der Waals surface area contributed by atoms with Gasteiger partial charge in [-0.05, 0) is 48.3 Å². The first kappa shape index (κ1) is 10.3. The molecule has 1 aliphatic heterocycles. The summed E-state index contributed by atoms with van der Waals surface area (Å²) in [6.07, 6.45) is 5.39. The second kappa shape index (κ2) is 5.61. The van der Waals surface area contributed by atoms with E-state index in [0.29, 0.717) is 0 Å². The van der Waals surface area contributed by atoms with Gasteiger partial charge in [-0.25, -0.2) is 4.83 Å². The van der Waals surface area contributed by atoms with E-state index in [1.807, 2.05) is 5.41 Å². The number of hydrazone groups is 1. The molecule has 2 rings (SSSR count). The quantitative estimate of drug-likeness (QED) is 0.785. The minimum absolute atomic E-state index is 1.04. The molecule has 2 nitrogen and oxygen atoms in total.